The van der Waals surface area contributed by atoms with Crippen molar-refractivity contribution in [3.8, 4) is 0 Å². The van der Waals surface area contributed by atoms with E-state index < -0.39 is 0 Å². The van der Waals surface area contributed by atoms with E-state index in [2.05, 4.69) is 5.43 Å². The van der Waals surface area contributed by atoms with Crippen molar-refractivity contribution >= 4 is 11.6 Å². The predicted octanol–water partition coefficient (Wildman–Crippen LogP) is 2.69. The number of anilines is 1. The SMILES string of the molecule is Cc1cc(C(=O)N(C)Cc2cccc(F)c2)ccc1NN. The number of benzene rings is 2. The van der Waals surface area contributed by atoms with Gasteiger partial charge in [0.05, 0.1) is 5.69 Å². The standard InChI is InChI=1S/C16H18FN3O/c1-11-8-13(6-7-15(11)19-18)16(21)20(2)10-12-4-3-5-14(17)9-12/h3-9,19H,10,18H2,1-2H3. The molecule has 0 aliphatic heterocycles. The van der Waals surface area contributed by atoms with Crippen LogP contribution in [0, 0.1) is 12.7 Å². The summed E-state index contributed by atoms with van der Waals surface area (Å²) in [7, 11) is 1.69. The molecular weight excluding hydrogens is 269 g/mol. The molecule has 110 valence electrons. The maximum Gasteiger partial charge on any atom is 0.253 e. The zero-order valence-electron chi connectivity index (χ0n) is 12.1. The van der Waals surface area contributed by atoms with Gasteiger partial charge in [0.1, 0.15) is 5.82 Å². The molecule has 0 aliphatic carbocycles. The Morgan fingerprint density at radius 2 is 2.05 bits per heavy atom. The Bertz CT molecular complexity index is 658. The van der Waals surface area contributed by atoms with Gasteiger partial charge in [0.2, 0.25) is 0 Å². The summed E-state index contributed by atoms with van der Waals surface area (Å²) in [6.07, 6.45) is 0. The number of aryl methyl sites for hydroxylation is 1. The summed E-state index contributed by atoms with van der Waals surface area (Å²) in [5.41, 5.74) is 5.57. The fourth-order valence-electron chi connectivity index (χ4n) is 2.16. The Morgan fingerprint density at radius 3 is 2.67 bits per heavy atom. The lowest BCUT2D eigenvalue weighted by Gasteiger charge is -2.18. The summed E-state index contributed by atoms with van der Waals surface area (Å²) in [5.74, 6) is 4.95. The highest BCUT2D eigenvalue weighted by Gasteiger charge is 2.13. The third-order valence-corrected chi connectivity index (χ3v) is 3.28. The molecule has 0 radical (unpaired) electrons. The van der Waals surface area contributed by atoms with Crippen molar-refractivity contribution in [3.63, 3.8) is 0 Å². The number of nitrogens with one attached hydrogen (secondary N) is 1. The third kappa shape index (κ3) is 3.58. The third-order valence-electron chi connectivity index (χ3n) is 3.28. The minimum atomic E-state index is -0.303. The molecular formula is C16H18FN3O. The number of nitrogens with two attached hydrogens (primary N) is 1. The molecule has 3 N–H and O–H groups in total. The van der Waals surface area contributed by atoms with Crippen molar-refractivity contribution in [2.45, 2.75) is 13.5 Å². The van der Waals surface area contributed by atoms with E-state index in [1.807, 2.05) is 6.92 Å². The average molecular weight is 287 g/mol. The largest absolute Gasteiger partial charge is 0.337 e. The summed E-state index contributed by atoms with van der Waals surface area (Å²) in [6.45, 7) is 2.23. The fourth-order valence-corrected chi connectivity index (χ4v) is 2.16. The van der Waals surface area contributed by atoms with Crippen LogP contribution in [0.4, 0.5) is 10.1 Å². The number of amides is 1. The Morgan fingerprint density at radius 1 is 1.29 bits per heavy atom. The topological polar surface area (TPSA) is 58.4 Å². The second-order valence-corrected chi connectivity index (χ2v) is 4.97. The summed E-state index contributed by atoms with van der Waals surface area (Å²) >= 11 is 0. The lowest BCUT2D eigenvalue weighted by Crippen LogP contribution is -2.26. The fraction of sp³-hybridized carbons (Fsp3) is 0.188. The van der Waals surface area contributed by atoms with E-state index >= 15 is 0 Å². The van der Waals surface area contributed by atoms with E-state index in [1.165, 1.54) is 12.1 Å². The molecule has 0 aliphatic rings. The number of hydrogen-bond acceptors (Lipinski definition) is 3. The van der Waals surface area contributed by atoms with Crippen molar-refractivity contribution in [2.75, 3.05) is 12.5 Å². The number of nitrogen functional groups attached to an aromatic ring is 1. The summed E-state index contributed by atoms with van der Waals surface area (Å²) in [4.78, 5) is 13.9. The van der Waals surface area contributed by atoms with Crippen LogP contribution >= 0.6 is 0 Å². The van der Waals surface area contributed by atoms with Crippen LogP contribution < -0.4 is 11.3 Å². The molecule has 0 unspecified atom stereocenters. The highest BCUT2D eigenvalue weighted by Crippen LogP contribution is 2.17. The molecule has 0 bridgehead atoms. The van der Waals surface area contributed by atoms with Gasteiger partial charge in [0.15, 0.2) is 0 Å². The molecule has 2 rings (SSSR count). The van der Waals surface area contributed by atoms with Gasteiger partial charge in [-0.05, 0) is 48.4 Å². The highest BCUT2D eigenvalue weighted by atomic mass is 19.1. The second-order valence-electron chi connectivity index (χ2n) is 4.97. The van der Waals surface area contributed by atoms with Crippen LogP contribution in [-0.4, -0.2) is 17.9 Å². The van der Waals surface area contributed by atoms with E-state index in [4.69, 9.17) is 5.84 Å². The molecule has 0 aromatic heterocycles. The molecule has 0 heterocycles. The quantitative estimate of drug-likeness (QED) is 0.671. The normalized spacial score (nSPS) is 10.3. The van der Waals surface area contributed by atoms with Crippen molar-refractivity contribution in [3.05, 3.63) is 65.0 Å². The first-order valence-corrected chi connectivity index (χ1v) is 6.58. The van der Waals surface area contributed by atoms with E-state index in [-0.39, 0.29) is 11.7 Å². The maximum absolute atomic E-state index is 13.2. The first-order valence-electron chi connectivity index (χ1n) is 6.58. The molecule has 0 saturated carbocycles. The first-order chi connectivity index (χ1) is 10.0. The molecule has 21 heavy (non-hydrogen) atoms. The van der Waals surface area contributed by atoms with Gasteiger partial charge in [-0.25, -0.2) is 4.39 Å². The zero-order chi connectivity index (χ0) is 15.4. The Kier molecular flexibility index (Phi) is 4.55. The van der Waals surface area contributed by atoms with E-state index in [0.717, 1.165) is 16.8 Å². The van der Waals surface area contributed by atoms with Gasteiger partial charge in [-0.15, -0.1) is 0 Å². The molecule has 0 atom stereocenters. The molecule has 1 amide bonds. The molecule has 2 aromatic rings. The van der Waals surface area contributed by atoms with Gasteiger partial charge in [0.25, 0.3) is 5.91 Å². The Hall–Kier alpha value is -2.40. The van der Waals surface area contributed by atoms with Crippen LogP contribution in [0.15, 0.2) is 42.5 Å². The monoisotopic (exact) mass is 287 g/mol. The maximum atomic E-state index is 13.2. The van der Waals surface area contributed by atoms with Crippen LogP contribution in [0.5, 0.6) is 0 Å². The van der Waals surface area contributed by atoms with Gasteiger partial charge < -0.3 is 10.3 Å². The number of rotatable bonds is 4. The lowest BCUT2D eigenvalue weighted by molar-refractivity contribution is 0.0785. The van der Waals surface area contributed by atoms with Crippen LogP contribution in [0.2, 0.25) is 0 Å². The van der Waals surface area contributed by atoms with Crippen LogP contribution in [-0.2, 0) is 6.54 Å². The molecule has 0 spiro atoms. The molecule has 0 saturated heterocycles. The van der Waals surface area contributed by atoms with E-state index in [1.54, 1.807) is 42.3 Å². The van der Waals surface area contributed by atoms with Gasteiger partial charge >= 0.3 is 0 Å². The number of halogens is 1. The molecule has 2 aromatic carbocycles. The summed E-state index contributed by atoms with van der Waals surface area (Å²) < 4.78 is 13.2. The van der Waals surface area contributed by atoms with Crippen molar-refractivity contribution < 1.29 is 9.18 Å². The Labute approximate surface area is 123 Å². The van der Waals surface area contributed by atoms with Gasteiger partial charge in [-0.2, -0.15) is 0 Å². The van der Waals surface area contributed by atoms with Gasteiger partial charge in [0, 0.05) is 19.2 Å². The number of nitrogens with zero attached hydrogens (tertiary/aromatic N) is 1. The Balaban J connectivity index is 2.14. The van der Waals surface area contributed by atoms with Crippen molar-refractivity contribution in [1.82, 2.24) is 4.90 Å². The lowest BCUT2D eigenvalue weighted by atomic mass is 10.1. The van der Waals surface area contributed by atoms with Crippen molar-refractivity contribution in [2.24, 2.45) is 5.84 Å². The van der Waals surface area contributed by atoms with Crippen LogP contribution in [0.1, 0.15) is 21.5 Å². The number of hydrazine groups is 1. The van der Waals surface area contributed by atoms with E-state index in [0.29, 0.717) is 12.1 Å². The van der Waals surface area contributed by atoms with E-state index in [9.17, 15) is 9.18 Å². The minimum absolute atomic E-state index is 0.120. The minimum Gasteiger partial charge on any atom is -0.337 e. The van der Waals surface area contributed by atoms with Gasteiger partial charge in [-0.1, -0.05) is 12.1 Å². The van der Waals surface area contributed by atoms with Crippen LogP contribution in [0.25, 0.3) is 0 Å². The van der Waals surface area contributed by atoms with Gasteiger partial charge in [-0.3, -0.25) is 10.6 Å². The molecule has 4 nitrogen and oxygen atoms in total. The van der Waals surface area contributed by atoms with Crippen LogP contribution in [0.3, 0.4) is 0 Å². The second kappa shape index (κ2) is 6.37. The number of carbonyl (C=O) groups is 1. The first kappa shape index (κ1) is 15.0. The zero-order valence-corrected chi connectivity index (χ0v) is 12.1. The molecule has 5 heteroatoms. The summed E-state index contributed by atoms with van der Waals surface area (Å²) in [6, 6.07) is 11.5. The van der Waals surface area contributed by atoms with Crippen molar-refractivity contribution in [1.29, 1.82) is 0 Å². The predicted molar refractivity (Wildman–Crippen MR) is 81.2 cm³/mol. The molecule has 0 fully saturated rings. The number of hydrogen-bond donors (Lipinski definition) is 2. The average Bonchev–Trinajstić information content (AvgIpc) is 2.46. The number of carbonyl (C=O) groups excluding carboxylic acids is 1. The smallest absolute Gasteiger partial charge is 0.253 e. The summed E-state index contributed by atoms with van der Waals surface area (Å²) in [5, 5.41) is 0. The highest BCUT2D eigenvalue weighted by molar-refractivity contribution is 5.94.